The van der Waals surface area contributed by atoms with Gasteiger partial charge < -0.3 is 14.6 Å². The Morgan fingerprint density at radius 1 is 1.36 bits per heavy atom. The quantitative estimate of drug-likeness (QED) is 0.859. The molecule has 22 heavy (non-hydrogen) atoms. The van der Waals surface area contributed by atoms with E-state index in [0.29, 0.717) is 25.3 Å². The van der Waals surface area contributed by atoms with Gasteiger partial charge in [-0.2, -0.15) is 0 Å². The minimum Gasteiger partial charge on any atom is -0.480 e. The van der Waals surface area contributed by atoms with Crippen molar-refractivity contribution in [1.29, 1.82) is 0 Å². The number of fused-ring (bicyclic) bond motifs is 1. The molecule has 0 bridgehead atoms. The number of aliphatic carboxylic acids is 1. The molecule has 0 unspecified atom stereocenters. The fourth-order valence-electron chi connectivity index (χ4n) is 2.44. The van der Waals surface area contributed by atoms with Gasteiger partial charge >= 0.3 is 11.9 Å². The zero-order valence-electron chi connectivity index (χ0n) is 11.6. The zero-order valence-corrected chi connectivity index (χ0v) is 12.4. The van der Waals surface area contributed by atoms with Crippen LogP contribution in [0.5, 0.6) is 0 Å². The Labute approximate surface area is 129 Å². The summed E-state index contributed by atoms with van der Waals surface area (Å²) in [5.74, 6) is -1.44. The van der Waals surface area contributed by atoms with Crippen molar-refractivity contribution in [2.45, 2.75) is 19.4 Å². The van der Waals surface area contributed by atoms with E-state index in [-0.39, 0.29) is 12.3 Å². The lowest BCUT2D eigenvalue weighted by Gasteiger charge is -2.23. The molecule has 2 aromatic heterocycles. The van der Waals surface area contributed by atoms with Crippen LogP contribution in [0, 0.1) is 0 Å². The number of hydrogen-bond acceptors (Lipinski definition) is 6. The smallest absolute Gasteiger partial charge is 0.371 e. The summed E-state index contributed by atoms with van der Waals surface area (Å²) in [5.41, 5.74) is 1.01. The predicted molar refractivity (Wildman–Crippen MR) is 77.2 cm³/mol. The molecule has 3 rings (SSSR count). The topological polar surface area (TPSA) is 104 Å². The molecule has 8 heteroatoms. The standard InChI is InChI=1S/C14H14N2O5S/c17-13(18)7-16-4-3-9-11(6-16)22-12(15-9)5-8-1-2-10(21-8)14(19)20/h1-2H,3-7H2,(H,17,18)(H,19,20). The van der Waals surface area contributed by atoms with Gasteiger partial charge in [-0.05, 0) is 12.1 Å². The molecule has 0 saturated carbocycles. The van der Waals surface area contributed by atoms with E-state index in [1.54, 1.807) is 6.07 Å². The van der Waals surface area contributed by atoms with Crippen molar-refractivity contribution in [2.24, 2.45) is 0 Å². The zero-order chi connectivity index (χ0) is 15.7. The maximum Gasteiger partial charge on any atom is 0.371 e. The van der Waals surface area contributed by atoms with Crippen LogP contribution in [-0.4, -0.2) is 45.1 Å². The van der Waals surface area contributed by atoms with Gasteiger partial charge in [0.15, 0.2) is 0 Å². The normalized spacial score (nSPS) is 14.7. The lowest BCUT2D eigenvalue weighted by Crippen LogP contribution is -2.34. The second-order valence-corrected chi connectivity index (χ2v) is 6.25. The van der Waals surface area contributed by atoms with Gasteiger partial charge in [-0.1, -0.05) is 0 Å². The summed E-state index contributed by atoms with van der Waals surface area (Å²) in [7, 11) is 0. The number of carbonyl (C=O) groups is 2. The molecule has 2 aromatic rings. The first-order chi connectivity index (χ1) is 10.5. The first-order valence-electron chi connectivity index (χ1n) is 6.75. The number of aromatic nitrogens is 1. The number of aromatic carboxylic acids is 1. The van der Waals surface area contributed by atoms with Crippen LogP contribution in [0.15, 0.2) is 16.5 Å². The van der Waals surface area contributed by atoms with Gasteiger partial charge in [0.05, 0.1) is 18.7 Å². The molecule has 0 amide bonds. The summed E-state index contributed by atoms with van der Waals surface area (Å²) in [6.07, 6.45) is 1.18. The van der Waals surface area contributed by atoms with Crippen molar-refractivity contribution in [3.8, 4) is 0 Å². The summed E-state index contributed by atoms with van der Waals surface area (Å²) < 4.78 is 5.23. The van der Waals surface area contributed by atoms with Crippen LogP contribution in [0.3, 0.4) is 0 Å². The van der Waals surface area contributed by atoms with Crippen LogP contribution in [0.1, 0.15) is 31.9 Å². The van der Waals surface area contributed by atoms with Crippen molar-refractivity contribution < 1.29 is 24.2 Å². The van der Waals surface area contributed by atoms with Crippen molar-refractivity contribution in [3.63, 3.8) is 0 Å². The molecule has 2 N–H and O–H groups in total. The van der Waals surface area contributed by atoms with Crippen molar-refractivity contribution >= 4 is 23.3 Å². The summed E-state index contributed by atoms with van der Waals surface area (Å²) in [6.45, 7) is 1.32. The van der Waals surface area contributed by atoms with E-state index in [1.165, 1.54) is 17.4 Å². The van der Waals surface area contributed by atoms with Crippen molar-refractivity contribution in [3.05, 3.63) is 39.2 Å². The third-order valence-corrected chi connectivity index (χ3v) is 4.49. The molecule has 0 atom stereocenters. The van der Waals surface area contributed by atoms with E-state index < -0.39 is 11.9 Å². The molecular formula is C14H14N2O5S. The molecule has 0 fully saturated rings. The molecule has 1 aliphatic rings. The minimum absolute atomic E-state index is 0.0346. The fourth-order valence-corrected chi connectivity index (χ4v) is 3.61. The lowest BCUT2D eigenvalue weighted by molar-refractivity contribution is -0.138. The highest BCUT2D eigenvalue weighted by Crippen LogP contribution is 2.27. The Bertz CT molecular complexity index is 721. The molecular weight excluding hydrogens is 308 g/mol. The Balaban J connectivity index is 1.70. The van der Waals surface area contributed by atoms with Crippen LogP contribution in [-0.2, 0) is 24.2 Å². The number of carboxylic acids is 2. The van der Waals surface area contributed by atoms with E-state index in [1.807, 2.05) is 4.90 Å². The Morgan fingerprint density at radius 2 is 2.18 bits per heavy atom. The highest BCUT2D eigenvalue weighted by atomic mass is 32.1. The summed E-state index contributed by atoms with van der Waals surface area (Å²) >= 11 is 1.53. The predicted octanol–water partition coefficient (Wildman–Crippen LogP) is 1.47. The molecule has 7 nitrogen and oxygen atoms in total. The summed E-state index contributed by atoms with van der Waals surface area (Å²) in [4.78, 5) is 29.1. The van der Waals surface area contributed by atoms with Gasteiger partial charge in [0.1, 0.15) is 10.8 Å². The third kappa shape index (κ3) is 3.18. The first-order valence-corrected chi connectivity index (χ1v) is 7.56. The van der Waals surface area contributed by atoms with Gasteiger partial charge in [0, 0.05) is 24.4 Å². The van der Waals surface area contributed by atoms with Gasteiger partial charge in [0.2, 0.25) is 5.76 Å². The maximum atomic E-state index is 10.8. The number of furan rings is 1. The van der Waals surface area contributed by atoms with E-state index in [9.17, 15) is 9.59 Å². The molecule has 0 radical (unpaired) electrons. The van der Waals surface area contributed by atoms with Gasteiger partial charge in [-0.15, -0.1) is 11.3 Å². The molecule has 1 aliphatic heterocycles. The van der Waals surface area contributed by atoms with Crippen LogP contribution in [0.2, 0.25) is 0 Å². The van der Waals surface area contributed by atoms with E-state index in [4.69, 9.17) is 14.6 Å². The second kappa shape index (κ2) is 5.90. The number of rotatable bonds is 5. The average Bonchev–Trinajstić information content (AvgIpc) is 3.04. The number of carboxylic acid groups (broad SMARTS) is 2. The van der Waals surface area contributed by atoms with Gasteiger partial charge in [-0.25, -0.2) is 9.78 Å². The Kier molecular flexibility index (Phi) is 3.95. The summed E-state index contributed by atoms with van der Waals surface area (Å²) in [6, 6.07) is 3.07. The van der Waals surface area contributed by atoms with Crippen LogP contribution < -0.4 is 0 Å². The average molecular weight is 322 g/mol. The highest BCUT2D eigenvalue weighted by Gasteiger charge is 2.22. The third-order valence-electron chi connectivity index (χ3n) is 3.41. The van der Waals surface area contributed by atoms with E-state index in [0.717, 1.165) is 22.0 Å². The molecule has 0 saturated heterocycles. The molecule has 0 aliphatic carbocycles. The van der Waals surface area contributed by atoms with Crippen LogP contribution in [0.25, 0.3) is 0 Å². The fraction of sp³-hybridized carbons (Fsp3) is 0.357. The van der Waals surface area contributed by atoms with Crippen molar-refractivity contribution in [2.75, 3.05) is 13.1 Å². The summed E-state index contributed by atoms with van der Waals surface area (Å²) in [5, 5.41) is 18.5. The minimum atomic E-state index is -1.09. The molecule has 116 valence electrons. The maximum absolute atomic E-state index is 10.8. The second-order valence-electron chi connectivity index (χ2n) is 5.08. The van der Waals surface area contributed by atoms with E-state index in [2.05, 4.69) is 4.98 Å². The highest BCUT2D eigenvalue weighted by molar-refractivity contribution is 7.11. The van der Waals surface area contributed by atoms with Crippen LogP contribution >= 0.6 is 11.3 Å². The van der Waals surface area contributed by atoms with Gasteiger partial charge in [0.25, 0.3) is 0 Å². The monoisotopic (exact) mass is 322 g/mol. The number of thiazole rings is 1. The van der Waals surface area contributed by atoms with Gasteiger partial charge in [-0.3, -0.25) is 9.69 Å². The molecule has 0 aromatic carbocycles. The number of nitrogens with zero attached hydrogens (tertiary/aromatic N) is 2. The SMILES string of the molecule is O=C(O)CN1CCc2nc(Cc3ccc(C(=O)O)o3)sc2C1. The molecule has 0 spiro atoms. The number of hydrogen-bond donors (Lipinski definition) is 2. The first kappa shape index (κ1) is 14.7. The Morgan fingerprint density at radius 3 is 2.86 bits per heavy atom. The van der Waals surface area contributed by atoms with E-state index >= 15 is 0 Å². The van der Waals surface area contributed by atoms with Crippen molar-refractivity contribution in [1.82, 2.24) is 9.88 Å². The molecule has 3 heterocycles. The Hall–Kier alpha value is -2.19. The lowest BCUT2D eigenvalue weighted by atomic mass is 10.2. The largest absolute Gasteiger partial charge is 0.480 e. The van der Waals surface area contributed by atoms with Crippen LogP contribution in [0.4, 0.5) is 0 Å².